The zero-order chi connectivity index (χ0) is 46.1. The third-order valence-corrected chi connectivity index (χ3v) is 16.1. The van der Waals surface area contributed by atoms with Gasteiger partial charge in [-0.25, -0.2) is 0 Å². The lowest BCUT2D eigenvalue weighted by Crippen LogP contribution is -2.60. The van der Waals surface area contributed by atoms with Crippen LogP contribution in [0.3, 0.4) is 0 Å². The van der Waals surface area contributed by atoms with Crippen LogP contribution in [0.15, 0.2) is 164 Å². The molecule has 0 atom stereocenters. The number of aryl methyl sites for hydroxylation is 1. The molecule has 0 N–H and O–H groups in total. The van der Waals surface area contributed by atoms with Crippen LogP contribution in [0, 0.1) is 0 Å². The number of fused-ring (bicyclic) bond motifs is 12. The quantitative estimate of drug-likeness (QED) is 0.126. The van der Waals surface area contributed by atoms with Gasteiger partial charge in [-0.1, -0.05) is 165 Å². The van der Waals surface area contributed by atoms with Gasteiger partial charge in [0.15, 0.2) is 0 Å². The Kier molecular flexibility index (Phi) is 9.48. The molecule has 2 nitrogen and oxygen atoms in total. The van der Waals surface area contributed by atoms with Crippen LogP contribution in [0.25, 0.3) is 53.5 Å². The maximum atomic E-state index is 2.62. The topological polar surface area (TPSA) is 6.48 Å². The Morgan fingerprint density at radius 1 is 0.507 bits per heavy atom. The molecule has 0 spiro atoms. The van der Waals surface area contributed by atoms with Gasteiger partial charge in [0.1, 0.15) is 0 Å². The van der Waals surface area contributed by atoms with Crippen molar-refractivity contribution in [3.8, 4) is 11.1 Å². The Bertz CT molecular complexity index is 3600. The Labute approximate surface area is 400 Å². The van der Waals surface area contributed by atoms with E-state index in [1.807, 2.05) is 11.3 Å². The average molecular weight is 885 g/mol. The van der Waals surface area contributed by atoms with Crippen LogP contribution >= 0.6 is 11.3 Å². The number of hydrogen-bond donors (Lipinski definition) is 0. The van der Waals surface area contributed by atoms with E-state index in [2.05, 4.69) is 236 Å². The smallest absolute Gasteiger partial charge is 0.264 e. The number of rotatable bonds is 5. The second kappa shape index (κ2) is 15.2. The van der Waals surface area contributed by atoms with Crippen LogP contribution in [0.1, 0.15) is 90.5 Å². The highest BCUT2D eigenvalue weighted by atomic mass is 32.1. The first kappa shape index (κ1) is 41.8. The Hall–Kier alpha value is -6.62. The van der Waals surface area contributed by atoms with Gasteiger partial charge in [0.2, 0.25) is 0 Å². The first-order chi connectivity index (χ1) is 32.3. The third kappa shape index (κ3) is 6.51. The minimum Gasteiger partial charge on any atom is -0.311 e. The van der Waals surface area contributed by atoms with Crippen LogP contribution in [-0.2, 0) is 17.3 Å². The molecule has 0 aliphatic carbocycles. The van der Waals surface area contributed by atoms with E-state index in [1.165, 1.54) is 126 Å². The van der Waals surface area contributed by atoms with E-state index in [1.54, 1.807) is 0 Å². The molecule has 67 heavy (non-hydrogen) atoms. The first-order valence-corrected chi connectivity index (χ1v) is 25.1. The van der Waals surface area contributed by atoms with E-state index in [-0.39, 0.29) is 17.5 Å². The normalized spacial score (nSPS) is 13.6. The number of nitrogens with zero attached hydrogens (tertiary/aromatic N) is 2. The predicted octanol–water partition coefficient (Wildman–Crippen LogP) is 16.4. The molecule has 0 fully saturated rings. The van der Waals surface area contributed by atoms with Crippen LogP contribution in [0.2, 0.25) is 0 Å². The van der Waals surface area contributed by atoms with Crippen molar-refractivity contribution >= 4 is 110 Å². The lowest BCUT2D eigenvalue weighted by atomic mass is 9.36. The summed E-state index contributed by atoms with van der Waals surface area (Å²) in [5, 5.41) is 9.09. The molecular weight excluding hydrogens is 828 g/mol. The largest absolute Gasteiger partial charge is 0.311 e. The van der Waals surface area contributed by atoms with Crippen molar-refractivity contribution in [3.63, 3.8) is 0 Å². The fourth-order valence-corrected chi connectivity index (χ4v) is 12.5. The standard InChI is InChI=1S/C63H57BN2S/c1-10-39-22-28-44(29-23-39)65-56-20-15-21-57-59(56)64(61-60(65)52-37-43(63(7,8)9)27-33-58(52)67-61)53-35-40(38(2)3)25-31-55(53)66(57)54-32-26-42(62(4,5)6)36-50(54)41-24-30-49-47-18-12-11-16-45(47)46-17-13-14-19-48(46)51(49)34-41/h11-38H,10H2,1-9H3. The van der Waals surface area contributed by atoms with Crippen LogP contribution in [-0.4, -0.2) is 6.71 Å². The predicted molar refractivity (Wildman–Crippen MR) is 295 cm³/mol. The lowest BCUT2D eigenvalue weighted by Gasteiger charge is -2.43. The van der Waals surface area contributed by atoms with E-state index in [9.17, 15) is 0 Å². The molecule has 0 saturated carbocycles. The van der Waals surface area contributed by atoms with Crippen molar-refractivity contribution < 1.29 is 0 Å². The van der Waals surface area contributed by atoms with Crippen LogP contribution in [0.5, 0.6) is 0 Å². The molecule has 0 radical (unpaired) electrons. The number of benzene rings is 9. The molecule has 4 heteroatoms. The van der Waals surface area contributed by atoms with E-state index < -0.39 is 0 Å². The van der Waals surface area contributed by atoms with Gasteiger partial charge in [0.25, 0.3) is 6.71 Å². The van der Waals surface area contributed by atoms with E-state index in [0.717, 1.165) is 6.42 Å². The SMILES string of the molecule is CCc1ccc(N2c3cccc4c3B(c3cc(C(C)C)ccc3N4c3ccc(C(C)(C)C)cc3-c3ccc4c5ccccc5c5ccccc5c4c3)c3sc4ccc(C(C)(C)C)cc4c32)cc1. The van der Waals surface area contributed by atoms with Gasteiger partial charge in [-0.2, -0.15) is 0 Å². The summed E-state index contributed by atoms with van der Waals surface area (Å²) in [6.07, 6.45) is 1.01. The van der Waals surface area contributed by atoms with Gasteiger partial charge >= 0.3 is 0 Å². The molecule has 3 heterocycles. The molecule has 2 aliphatic rings. The summed E-state index contributed by atoms with van der Waals surface area (Å²) in [5.41, 5.74) is 18.0. The molecule has 0 saturated heterocycles. The summed E-state index contributed by atoms with van der Waals surface area (Å²) >= 11 is 1.99. The summed E-state index contributed by atoms with van der Waals surface area (Å²) in [4.78, 5) is 5.22. The lowest BCUT2D eigenvalue weighted by molar-refractivity contribution is 0.590. The summed E-state index contributed by atoms with van der Waals surface area (Å²) in [6.45, 7) is 21.0. The monoisotopic (exact) mass is 884 g/mol. The summed E-state index contributed by atoms with van der Waals surface area (Å²) in [5.74, 6) is 0.383. The molecule has 10 aromatic rings. The molecule has 328 valence electrons. The minimum atomic E-state index is -0.0474. The second-order valence-corrected chi connectivity index (χ2v) is 22.5. The number of hydrogen-bond acceptors (Lipinski definition) is 3. The molecule has 0 amide bonds. The molecule has 12 rings (SSSR count). The Balaban J connectivity index is 1.16. The van der Waals surface area contributed by atoms with Crippen molar-refractivity contribution in [2.75, 3.05) is 9.80 Å². The molecule has 9 aromatic carbocycles. The molecule has 0 unspecified atom stereocenters. The van der Waals surface area contributed by atoms with Gasteiger partial charge in [0.05, 0.1) is 11.4 Å². The maximum Gasteiger partial charge on any atom is 0.264 e. The van der Waals surface area contributed by atoms with E-state index in [0.29, 0.717) is 5.92 Å². The Morgan fingerprint density at radius 3 is 1.75 bits per heavy atom. The summed E-state index contributed by atoms with van der Waals surface area (Å²) < 4.78 is 2.75. The van der Waals surface area contributed by atoms with Crippen molar-refractivity contribution in [2.45, 2.75) is 85.5 Å². The van der Waals surface area contributed by atoms with Crippen LogP contribution in [0.4, 0.5) is 34.1 Å². The average Bonchev–Trinajstić information content (AvgIpc) is 3.71. The summed E-state index contributed by atoms with van der Waals surface area (Å²) in [7, 11) is 0. The van der Waals surface area contributed by atoms with Crippen molar-refractivity contribution in [1.29, 1.82) is 0 Å². The first-order valence-electron chi connectivity index (χ1n) is 24.3. The zero-order valence-corrected chi connectivity index (χ0v) is 41.1. The van der Waals surface area contributed by atoms with E-state index in [4.69, 9.17) is 0 Å². The van der Waals surface area contributed by atoms with Gasteiger partial charge in [-0.3, -0.25) is 0 Å². The Morgan fingerprint density at radius 2 is 1.10 bits per heavy atom. The minimum absolute atomic E-state index is 0.0205. The van der Waals surface area contributed by atoms with Crippen molar-refractivity contribution in [3.05, 3.63) is 186 Å². The third-order valence-electron chi connectivity index (χ3n) is 14.9. The molecule has 2 aliphatic heterocycles. The highest BCUT2D eigenvalue weighted by molar-refractivity contribution is 7.33. The highest BCUT2D eigenvalue weighted by Gasteiger charge is 2.45. The number of thiophene rings is 1. The highest BCUT2D eigenvalue weighted by Crippen LogP contribution is 2.51. The van der Waals surface area contributed by atoms with Gasteiger partial charge in [-0.15, -0.1) is 11.3 Å². The molecule has 0 bridgehead atoms. The van der Waals surface area contributed by atoms with E-state index >= 15 is 0 Å². The fraction of sp³-hybridized carbons (Fsp3) is 0.206. The number of anilines is 6. The van der Waals surface area contributed by atoms with Gasteiger partial charge in [0, 0.05) is 43.2 Å². The maximum absolute atomic E-state index is 2.62. The van der Waals surface area contributed by atoms with Gasteiger partial charge < -0.3 is 9.80 Å². The fourth-order valence-electron chi connectivity index (χ4n) is 11.2. The van der Waals surface area contributed by atoms with Crippen molar-refractivity contribution in [2.24, 2.45) is 0 Å². The van der Waals surface area contributed by atoms with Crippen LogP contribution < -0.4 is 25.5 Å². The molecular formula is C63H57BN2S. The molecule has 1 aromatic heterocycles. The van der Waals surface area contributed by atoms with Gasteiger partial charge in [-0.05, 0) is 155 Å². The summed E-state index contributed by atoms with van der Waals surface area (Å²) in [6, 6.07) is 63.4. The van der Waals surface area contributed by atoms with Crippen molar-refractivity contribution in [1.82, 2.24) is 0 Å². The zero-order valence-electron chi connectivity index (χ0n) is 40.3. The second-order valence-electron chi connectivity index (χ2n) is 21.4.